The predicted octanol–water partition coefficient (Wildman–Crippen LogP) is 5.49. The highest BCUT2D eigenvalue weighted by Gasteiger charge is 2.20. The van der Waals surface area contributed by atoms with Gasteiger partial charge in [0.25, 0.3) is 0 Å². The van der Waals surface area contributed by atoms with Gasteiger partial charge in [-0.3, -0.25) is 14.5 Å². The molecule has 1 unspecified atom stereocenters. The van der Waals surface area contributed by atoms with Gasteiger partial charge in [-0.15, -0.1) is 0 Å². The number of fused-ring (bicyclic) bond motifs is 1. The molecule has 0 spiro atoms. The van der Waals surface area contributed by atoms with Crippen molar-refractivity contribution < 1.29 is 33.3 Å². The Morgan fingerprint density at radius 2 is 1.98 bits per heavy atom. The lowest BCUT2D eigenvalue weighted by Gasteiger charge is -2.25. The summed E-state index contributed by atoms with van der Waals surface area (Å²) in [6, 6.07) is 7.70. The van der Waals surface area contributed by atoms with E-state index in [9.17, 15) is 19.1 Å². The van der Waals surface area contributed by atoms with Gasteiger partial charge in [0.2, 0.25) is 5.91 Å². The quantitative estimate of drug-likeness (QED) is 0.160. The van der Waals surface area contributed by atoms with Gasteiger partial charge in [0.05, 0.1) is 35.5 Å². The first-order chi connectivity index (χ1) is 21.9. The number of aliphatic hydroxyl groups excluding tert-OH is 1. The molecule has 0 bridgehead atoms. The van der Waals surface area contributed by atoms with Crippen molar-refractivity contribution in [3.63, 3.8) is 0 Å². The smallest absolute Gasteiger partial charge is 0.320 e. The minimum absolute atomic E-state index is 0.0370. The third kappa shape index (κ3) is 10.9. The van der Waals surface area contributed by atoms with E-state index in [1.807, 2.05) is 0 Å². The number of nitrogens with one attached hydrogen (secondary N) is 2. The van der Waals surface area contributed by atoms with Gasteiger partial charge in [-0.1, -0.05) is 17.7 Å². The summed E-state index contributed by atoms with van der Waals surface area (Å²) in [7, 11) is 0. The number of hydrogen-bond acceptors (Lipinski definition) is 10. The second-order valence-electron chi connectivity index (χ2n) is 12.2. The molecule has 1 fully saturated rings. The van der Waals surface area contributed by atoms with E-state index in [0.717, 1.165) is 12.8 Å². The summed E-state index contributed by atoms with van der Waals surface area (Å²) >= 11 is 5.97. The van der Waals surface area contributed by atoms with Crippen LogP contribution in [0.5, 0.6) is 5.75 Å². The normalized spacial score (nSPS) is 14.9. The maximum atomic E-state index is 13.7. The molecule has 2 heterocycles. The molecule has 1 amide bonds. The van der Waals surface area contributed by atoms with Crippen LogP contribution in [0.15, 0.2) is 48.8 Å². The molecule has 0 saturated carbocycles. The third-order valence-electron chi connectivity index (χ3n) is 6.92. The Labute approximate surface area is 273 Å². The van der Waals surface area contributed by atoms with Crippen LogP contribution in [-0.4, -0.2) is 83.0 Å². The SMILES string of the molecule is CC(O)CN(CC=CC(=O)Nc1cc2c(Nc3ccc(F)c(Cl)c3)ncnc2cc1OCC1CCOCC1)CC(=O)OC(C)(C)C. The number of carbonyl (C=O) groups is 2. The highest BCUT2D eigenvalue weighted by atomic mass is 35.5. The second-order valence-corrected chi connectivity index (χ2v) is 12.6. The van der Waals surface area contributed by atoms with Crippen LogP contribution in [0.3, 0.4) is 0 Å². The summed E-state index contributed by atoms with van der Waals surface area (Å²) < 4.78 is 30.8. The fourth-order valence-electron chi connectivity index (χ4n) is 4.85. The molecule has 4 rings (SSSR count). The van der Waals surface area contributed by atoms with Crippen molar-refractivity contribution in [2.75, 3.05) is 50.1 Å². The zero-order chi connectivity index (χ0) is 33.3. The van der Waals surface area contributed by atoms with E-state index in [0.29, 0.717) is 59.6 Å². The summed E-state index contributed by atoms with van der Waals surface area (Å²) in [5.74, 6) is -0.225. The van der Waals surface area contributed by atoms with Gasteiger partial charge in [0.15, 0.2) is 0 Å². The first kappa shape index (κ1) is 35.0. The Balaban J connectivity index is 1.55. The fraction of sp³-hybridized carbons (Fsp3) is 0.455. The maximum Gasteiger partial charge on any atom is 0.320 e. The first-order valence-electron chi connectivity index (χ1n) is 15.2. The van der Waals surface area contributed by atoms with Crippen LogP contribution in [0.2, 0.25) is 5.02 Å². The number of benzene rings is 2. The van der Waals surface area contributed by atoms with Gasteiger partial charge in [0.1, 0.15) is 29.3 Å². The molecule has 2 aromatic carbocycles. The first-order valence-corrected chi connectivity index (χ1v) is 15.5. The molecule has 11 nitrogen and oxygen atoms in total. The van der Waals surface area contributed by atoms with Crippen LogP contribution in [0.4, 0.5) is 21.6 Å². The number of aliphatic hydroxyl groups is 1. The van der Waals surface area contributed by atoms with Crippen LogP contribution in [-0.2, 0) is 19.1 Å². The number of hydrogen-bond donors (Lipinski definition) is 3. The van der Waals surface area contributed by atoms with Gasteiger partial charge in [0, 0.05) is 49.5 Å². The van der Waals surface area contributed by atoms with Crippen molar-refractivity contribution in [2.24, 2.45) is 5.92 Å². The Kier molecular flexibility index (Phi) is 12.3. The van der Waals surface area contributed by atoms with Crippen molar-refractivity contribution in [1.82, 2.24) is 14.9 Å². The molecule has 46 heavy (non-hydrogen) atoms. The van der Waals surface area contributed by atoms with E-state index >= 15 is 0 Å². The Hall–Kier alpha value is -3.84. The number of ether oxygens (including phenoxy) is 3. The molecule has 1 aliphatic heterocycles. The zero-order valence-electron chi connectivity index (χ0n) is 26.5. The van der Waals surface area contributed by atoms with Crippen molar-refractivity contribution in [2.45, 2.75) is 52.2 Å². The lowest BCUT2D eigenvalue weighted by Crippen LogP contribution is -2.38. The Morgan fingerprint density at radius 3 is 2.67 bits per heavy atom. The minimum Gasteiger partial charge on any atom is -0.491 e. The summed E-state index contributed by atoms with van der Waals surface area (Å²) in [4.78, 5) is 36.0. The van der Waals surface area contributed by atoms with Gasteiger partial charge in [-0.25, -0.2) is 14.4 Å². The Bertz CT molecular complexity index is 1540. The number of carbonyl (C=O) groups excluding carboxylic acids is 2. The van der Waals surface area contributed by atoms with Crippen LogP contribution < -0.4 is 15.4 Å². The monoisotopic (exact) mass is 657 g/mol. The summed E-state index contributed by atoms with van der Waals surface area (Å²) in [6.45, 7) is 9.17. The van der Waals surface area contributed by atoms with Crippen LogP contribution in [0, 0.1) is 11.7 Å². The van der Waals surface area contributed by atoms with Crippen LogP contribution in [0.1, 0.15) is 40.5 Å². The number of aromatic nitrogens is 2. The lowest BCUT2D eigenvalue weighted by atomic mass is 10.0. The number of rotatable bonds is 13. The molecule has 13 heteroatoms. The topological polar surface area (TPSA) is 135 Å². The molecular weight excluding hydrogens is 617 g/mol. The molecule has 3 N–H and O–H groups in total. The van der Waals surface area contributed by atoms with Gasteiger partial charge >= 0.3 is 5.97 Å². The van der Waals surface area contributed by atoms with Crippen molar-refractivity contribution in [1.29, 1.82) is 0 Å². The second kappa shape index (κ2) is 16.1. The predicted molar refractivity (Wildman–Crippen MR) is 175 cm³/mol. The van der Waals surface area contributed by atoms with Gasteiger partial charge in [-0.05, 0) is 70.7 Å². The molecule has 1 saturated heterocycles. The Morgan fingerprint density at radius 1 is 1.22 bits per heavy atom. The minimum atomic E-state index is -0.686. The number of esters is 1. The molecular formula is C33H41ClFN5O6. The molecule has 1 atom stereocenters. The van der Waals surface area contributed by atoms with Crippen molar-refractivity contribution >= 4 is 51.6 Å². The third-order valence-corrected chi connectivity index (χ3v) is 7.21. The number of nitrogens with zero attached hydrogens (tertiary/aromatic N) is 3. The highest BCUT2D eigenvalue weighted by molar-refractivity contribution is 6.31. The van der Waals surface area contributed by atoms with Crippen LogP contribution in [0.25, 0.3) is 10.9 Å². The zero-order valence-corrected chi connectivity index (χ0v) is 27.3. The van der Waals surface area contributed by atoms with E-state index in [-0.39, 0.29) is 24.7 Å². The molecule has 3 aromatic rings. The fourth-order valence-corrected chi connectivity index (χ4v) is 5.03. The number of halogens is 2. The average Bonchev–Trinajstić information content (AvgIpc) is 2.97. The standard InChI is InChI=1S/C33H41ClFN5O6/c1-21(41)17-40(18-31(43)46-33(2,3)4)11-5-6-30(42)39-28-15-24-27(16-29(28)45-19-22-9-12-44-13-10-22)36-20-37-32(24)38-23-7-8-26(35)25(34)14-23/h5-8,14-16,20-22,41H,9-13,17-19H2,1-4H3,(H,39,42)(H,36,37,38). The van der Waals surface area contributed by atoms with E-state index in [4.69, 9.17) is 25.8 Å². The lowest BCUT2D eigenvalue weighted by molar-refractivity contribution is -0.156. The highest BCUT2D eigenvalue weighted by Crippen LogP contribution is 2.34. The van der Waals surface area contributed by atoms with Gasteiger partial charge in [-0.2, -0.15) is 0 Å². The van der Waals surface area contributed by atoms with E-state index in [2.05, 4.69) is 20.6 Å². The van der Waals surface area contributed by atoms with Crippen LogP contribution >= 0.6 is 11.6 Å². The summed E-state index contributed by atoms with van der Waals surface area (Å²) in [6.07, 6.45) is 5.43. The molecule has 0 aliphatic carbocycles. The van der Waals surface area contributed by atoms with E-state index < -0.39 is 29.4 Å². The number of anilines is 3. The van der Waals surface area contributed by atoms with E-state index in [1.165, 1.54) is 30.6 Å². The molecule has 1 aromatic heterocycles. The molecule has 0 radical (unpaired) electrons. The number of amides is 1. The van der Waals surface area contributed by atoms with Gasteiger partial charge < -0.3 is 30.0 Å². The maximum absolute atomic E-state index is 13.7. The largest absolute Gasteiger partial charge is 0.491 e. The van der Waals surface area contributed by atoms with Crippen molar-refractivity contribution in [3.05, 3.63) is 59.7 Å². The average molecular weight is 658 g/mol. The summed E-state index contributed by atoms with van der Waals surface area (Å²) in [5, 5.41) is 16.5. The van der Waals surface area contributed by atoms with E-state index in [1.54, 1.807) is 50.8 Å². The molecule has 1 aliphatic rings. The summed E-state index contributed by atoms with van der Waals surface area (Å²) in [5.41, 5.74) is 0.851. The van der Waals surface area contributed by atoms with Crippen molar-refractivity contribution in [3.8, 4) is 5.75 Å². The molecule has 248 valence electrons.